The fourth-order valence-electron chi connectivity index (χ4n) is 3.17. The van der Waals surface area contributed by atoms with Crippen molar-refractivity contribution in [3.63, 3.8) is 0 Å². The number of para-hydroxylation sites is 1. The van der Waals surface area contributed by atoms with Gasteiger partial charge in [-0.05, 0) is 60.5 Å². The summed E-state index contributed by atoms with van der Waals surface area (Å²) in [7, 11) is 0. The van der Waals surface area contributed by atoms with Crippen LogP contribution in [0.25, 0.3) is 0 Å². The van der Waals surface area contributed by atoms with Gasteiger partial charge in [-0.3, -0.25) is 4.98 Å². The minimum Gasteiger partial charge on any atom is -0.368 e. The molecule has 1 atom stereocenters. The topological polar surface area (TPSA) is 52.6 Å². The SMILES string of the molecule is CCNC(=NCc1cccc(C)n1)NC1CCN(c2ccccc2Br)C1. The average molecular weight is 416 g/mol. The highest BCUT2D eigenvalue weighted by Crippen LogP contribution is 2.28. The number of aliphatic imine (C=N–C) groups is 1. The maximum absolute atomic E-state index is 4.71. The second kappa shape index (κ2) is 9.03. The first-order valence-corrected chi connectivity index (χ1v) is 9.92. The molecule has 0 aliphatic carbocycles. The van der Waals surface area contributed by atoms with Gasteiger partial charge in [0, 0.05) is 35.8 Å². The minimum atomic E-state index is 0.380. The van der Waals surface area contributed by atoms with E-state index < -0.39 is 0 Å². The molecule has 6 heteroatoms. The predicted molar refractivity (Wildman–Crippen MR) is 112 cm³/mol. The van der Waals surface area contributed by atoms with Crippen molar-refractivity contribution in [3.8, 4) is 0 Å². The Balaban J connectivity index is 1.61. The fraction of sp³-hybridized carbons (Fsp3) is 0.400. The highest BCUT2D eigenvalue weighted by molar-refractivity contribution is 9.10. The standard InChI is InChI=1S/C20H26BrN5/c1-3-22-20(23-13-16-8-6-7-15(2)24-16)25-17-11-12-26(14-17)19-10-5-4-9-18(19)21/h4-10,17H,3,11-14H2,1-2H3,(H2,22,23,25). The molecule has 0 radical (unpaired) electrons. The third-order valence-electron chi connectivity index (χ3n) is 4.41. The molecule has 1 aromatic carbocycles. The van der Waals surface area contributed by atoms with E-state index in [-0.39, 0.29) is 0 Å². The van der Waals surface area contributed by atoms with Crippen LogP contribution in [0.1, 0.15) is 24.7 Å². The Labute approximate surface area is 164 Å². The molecule has 1 fully saturated rings. The number of halogens is 1. The Morgan fingerprint density at radius 3 is 2.88 bits per heavy atom. The highest BCUT2D eigenvalue weighted by Gasteiger charge is 2.24. The summed E-state index contributed by atoms with van der Waals surface area (Å²) in [4.78, 5) is 11.6. The lowest BCUT2D eigenvalue weighted by Crippen LogP contribution is -2.44. The molecule has 2 heterocycles. The molecule has 5 nitrogen and oxygen atoms in total. The van der Waals surface area contributed by atoms with Crippen molar-refractivity contribution in [3.05, 3.63) is 58.3 Å². The molecule has 0 bridgehead atoms. The molecule has 26 heavy (non-hydrogen) atoms. The molecule has 3 rings (SSSR count). The number of anilines is 1. The van der Waals surface area contributed by atoms with Crippen LogP contribution in [-0.4, -0.2) is 36.6 Å². The van der Waals surface area contributed by atoms with Crippen molar-refractivity contribution < 1.29 is 0 Å². The third-order valence-corrected chi connectivity index (χ3v) is 5.08. The van der Waals surface area contributed by atoms with E-state index in [2.05, 4.69) is 67.6 Å². The number of nitrogens with zero attached hydrogens (tertiary/aromatic N) is 3. The van der Waals surface area contributed by atoms with Gasteiger partial charge in [-0.15, -0.1) is 0 Å². The second-order valence-corrected chi connectivity index (χ2v) is 7.35. The first-order chi connectivity index (χ1) is 12.7. The largest absolute Gasteiger partial charge is 0.368 e. The van der Waals surface area contributed by atoms with E-state index >= 15 is 0 Å². The zero-order valence-corrected chi connectivity index (χ0v) is 17.0. The maximum atomic E-state index is 4.71. The summed E-state index contributed by atoms with van der Waals surface area (Å²) in [6.45, 7) is 7.52. The number of aromatic nitrogens is 1. The molecule has 1 saturated heterocycles. The molecule has 138 valence electrons. The molecule has 1 aliphatic rings. The summed E-state index contributed by atoms with van der Waals surface area (Å²) >= 11 is 3.65. The van der Waals surface area contributed by atoms with Gasteiger partial charge >= 0.3 is 0 Å². The van der Waals surface area contributed by atoms with Crippen molar-refractivity contribution in [2.24, 2.45) is 4.99 Å². The fourth-order valence-corrected chi connectivity index (χ4v) is 3.70. The van der Waals surface area contributed by atoms with Crippen LogP contribution in [-0.2, 0) is 6.54 Å². The molecule has 2 aromatic rings. The van der Waals surface area contributed by atoms with Gasteiger partial charge in [-0.2, -0.15) is 0 Å². The molecule has 0 spiro atoms. The van der Waals surface area contributed by atoms with Gasteiger partial charge in [0.1, 0.15) is 0 Å². The lowest BCUT2D eigenvalue weighted by molar-refractivity contribution is 0.648. The van der Waals surface area contributed by atoms with Crippen molar-refractivity contribution in [2.75, 3.05) is 24.5 Å². The Hall–Kier alpha value is -2.08. The number of hydrogen-bond donors (Lipinski definition) is 2. The van der Waals surface area contributed by atoms with Crippen molar-refractivity contribution in [2.45, 2.75) is 32.9 Å². The number of aryl methyl sites for hydroxylation is 1. The molecule has 1 unspecified atom stereocenters. The lowest BCUT2D eigenvalue weighted by atomic mass is 10.2. The van der Waals surface area contributed by atoms with E-state index in [0.717, 1.165) is 47.9 Å². The smallest absolute Gasteiger partial charge is 0.191 e. The van der Waals surface area contributed by atoms with Crippen molar-refractivity contribution in [1.82, 2.24) is 15.6 Å². The molecule has 0 amide bonds. The lowest BCUT2D eigenvalue weighted by Gasteiger charge is -2.21. The van der Waals surface area contributed by atoms with Gasteiger partial charge in [0.15, 0.2) is 5.96 Å². The normalized spacial score (nSPS) is 17.4. The number of hydrogen-bond acceptors (Lipinski definition) is 3. The quantitative estimate of drug-likeness (QED) is 0.579. The van der Waals surface area contributed by atoms with E-state index in [1.165, 1.54) is 5.69 Å². The molecule has 2 N–H and O–H groups in total. The van der Waals surface area contributed by atoms with E-state index in [1.54, 1.807) is 0 Å². The van der Waals surface area contributed by atoms with Crippen molar-refractivity contribution >= 4 is 27.6 Å². The number of rotatable bonds is 5. The van der Waals surface area contributed by atoms with Gasteiger partial charge in [0.25, 0.3) is 0 Å². The van der Waals surface area contributed by atoms with Gasteiger partial charge in [0.2, 0.25) is 0 Å². The zero-order valence-electron chi connectivity index (χ0n) is 15.4. The van der Waals surface area contributed by atoms with Crippen LogP contribution in [0.15, 0.2) is 51.9 Å². The number of pyridine rings is 1. The Bertz CT molecular complexity index is 761. The van der Waals surface area contributed by atoms with Crippen LogP contribution in [0.3, 0.4) is 0 Å². The summed E-state index contributed by atoms with van der Waals surface area (Å²) < 4.78 is 1.15. The number of guanidine groups is 1. The van der Waals surface area contributed by atoms with Crippen LogP contribution < -0.4 is 15.5 Å². The first kappa shape index (κ1) is 18.7. The van der Waals surface area contributed by atoms with Gasteiger partial charge in [-0.25, -0.2) is 4.99 Å². The van der Waals surface area contributed by atoms with E-state index in [0.29, 0.717) is 12.6 Å². The minimum absolute atomic E-state index is 0.380. The van der Waals surface area contributed by atoms with Crippen LogP contribution in [0.5, 0.6) is 0 Å². The summed E-state index contributed by atoms with van der Waals surface area (Å²) in [6.07, 6.45) is 1.09. The molecule has 1 aliphatic heterocycles. The van der Waals surface area contributed by atoms with Gasteiger partial charge < -0.3 is 15.5 Å². The van der Waals surface area contributed by atoms with Crippen molar-refractivity contribution in [1.29, 1.82) is 0 Å². The van der Waals surface area contributed by atoms with Crippen LogP contribution in [0, 0.1) is 6.92 Å². The van der Waals surface area contributed by atoms with Crippen LogP contribution >= 0.6 is 15.9 Å². The molecule has 0 saturated carbocycles. The first-order valence-electron chi connectivity index (χ1n) is 9.12. The summed E-state index contributed by atoms with van der Waals surface area (Å²) in [6, 6.07) is 14.8. The van der Waals surface area contributed by atoms with Crippen LogP contribution in [0.2, 0.25) is 0 Å². The Morgan fingerprint density at radius 2 is 2.12 bits per heavy atom. The molecule has 1 aromatic heterocycles. The van der Waals surface area contributed by atoms with E-state index in [1.807, 2.05) is 25.1 Å². The van der Waals surface area contributed by atoms with Gasteiger partial charge in [0.05, 0.1) is 17.9 Å². The Kier molecular flexibility index (Phi) is 6.50. The average Bonchev–Trinajstić information content (AvgIpc) is 3.09. The number of benzene rings is 1. The zero-order chi connectivity index (χ0) is 18.4. The molecular formula is C20H26BrN5. The predicted octanol–water partition coefficient (Wildman–Crippen LogP) is 3.49. The summed E-state index contributed by atoms with van der Waals surface area (Å²) in [5.74, 6) is 0.856. The highest BCUT2D eigenvalue weighted by atomic mass is 79.9. The Morgan fingerprint density at radius 1 is 1.27 bits per heavy atom. The molecular weight excluding hydrogens is 390 g/mol. The summed E-state index contributed by atoms with van der Waals surface area (Å²) in [5, 5.41) is 6.92. The monoisotopic (exact) mass is 415 g/mol. The maximum Gasteiger partial charge on any atom is 0.191 e. The third kappa shape index (κ3) is 4.97. The van der Waals surface area contributed by atoms with Gasteiger partial charge in [-0.1, -0.05) is 18.2 Å². The van der Waals surface area contributed by atoms with Crippen LogP contribution in [0.4, 0.5) is 5.69 Å². The summed E-state index contributed by atoms with van der Waals surface area (Å²) in [5.41, 5.74) is 3.27. The second-order valence-electron chi connectivity index (χ2n) is 6.49. The number of nitrogens with one attached hydrogen (secondary N) is 2. The van der Waals surface area contributed by atoms with E-state index in [4.69, 9.17) is 4.99 Å². The van der Waals surface area contributed by atoms with E-state index in [9.17, 15) is 0 Å².